The number of hydrogen-bond acceptors (Lipinski definition) is 4. The van der Waals surface area contributed by atoms with Crippen LogP contribution < -0.4 is 0 Å². The van der Waals surface area contributed by atoms with E-state index in [2.05, 4.69) is 84.1 Å². The van der Waals surface area contributed by atoms with Crippen LogP contribution in [-0.2, 0) is 4.79 Å². The Bertz CT molecular complexity index is 1010. The van der Waals surface area contributed by atoms with E-state index in [1.54, 1.807) is 11.3 Å². The highest BCUT2D eigenvalue weighted by atomic mass is 32.1. The van der Waals surface area contributed by atoms with E-state index >= 15 is 0 Å². The molecule has 0 saturated carbocycles. The molecule has 3 rings (SSSR count). The number of thiophene rings is 1. The third-order valence-corrected chi connectivity index (χ3v) is 6.51. The molecule has 1 heterocycles. The van der Waals surface area contributed by atoms with Gasteiger partial charge in [0.05, 0.1) is 10.6 Å². The smallest absolute Gasteiger partial charge is 0.186 e. The Hall–Kier alpha value is -2.33. The van der Waals surface area contributed by atoms with Crippen LogP contribution in [0.3, 0.4) is 0 Å². The molecule has 0 radical (unpaired) electrons. The van der Waals surface area contributed by atoms with Crippen molar-refractivity contribution >= 4 is 22.8 Å². The van der Waals surface area contributed by atoms with Gasteiger partial charge in [-0.05, 0) is 59.3 Å². The van der Waals surface area contributed by atoms with Crippen molar-refractivity contribution in [2.24, 2.45) is 27.0 Å². The Morgan fingerprint density at radius 1 is 1.06 bits per heavy atom. The van der Waals surface area contributed by atoms with E-state index in [-0.39, 0.29) is 16.6 Å². The van der Waals surface area contributed by atoms with Crippen LogP contribution in [0.2, 0.25) is 0 Å². The van der Waals surface area contributed by atoms with E-state index < -0.39 is 0 Å². The van der Waals surface area contributed by atoms with Gasteiger partial charge in [0.25, 0.3) is 0 Å². The van der Waals surface area contributed by atoms with Gasteiger partial charge in [-0.1, -0.05) is 66.7 Å². The number of allylic oxidation sites excluding steroid dienone is 8. The lowest BCUT2D eigenvalue weighted by molar-refractivity contribution is -0.114. The number of rotatable bonds is 3. The molecule has 0 amide bonds. The van der Waals surface area contributed by atoms with Crippen molar-refractivity contribution in [1.29, 1.82) is 0 Å². The van der Waals surface area contributed by atoms with Crippen molar-refractivity contribution in [3.8, 4) is 0 Å². The topological polar surface area (TPSA) is 41.8 Å². The normalized spacial score (nSPS) is 20.5. The number of carbonyl (C=O) groups is 1. The molecule has 3 nitrogen and oxygen atoms in total. The summed E-state index contributed by atoms with van der Waals surface area (Å²) in [6, 6.07) is 4.10. The summed E-state index contributed by atoms with van der Waals surface area (Å²) >= 11 is 1.64. The number of carbonyl (C=O) groups excluding carboxylic acids is 1. The van der Waals surface area contributed by atoms with Crippen LogP contribution in [-0.4, -0.2) is 5.78 Å². The molecular formula is C27H34N2OS. The average Bonchev–Trinajstić information content (AvgIpc) is 3.18. The highest BCUT2D eigenvalue weighted by Gasteiger charge is 2.34. The van der Waals surface area contributed by atoms with Crippen LogP contribution >= 0.6 is 11.3 Å². The zero-order chi connectivity index (χ0) is 23.0. The van der Waals surface area contributed by atoms with E-state index in [0.717, 1.165) is 45.0 Å². The molecular weight excluding hydrogens is 400 g/mol. The molecule has 1 aromatic heterocycles. The first-order chi connectivity index (χ1) is 14.4. The van der Waals surface area contributed by atoms with E-state index in [0.29, 0.717) is 5.92 Å². The lowest BCUT2D eigenvalue weighted by Crippen LogP contribution is -2.28. The van der Waals surface area contributed by atoms with Gasteiger partial charge in [-0.15, -0.1) is 16.5 Å². The van der Waals surface area contributed by atoms with Gasteiger partial charge in [0.1, 0.15) is 5.70 Å². The minimum atomic E-state index is -0.258. The van der Waals surface area contributed by atoms with Gasteiger partial charge in [-0.2, -0.15) is 5.11 Å². The summed E-state index contributed by atoms with van der Waals surface area (Å²) in [5.74, 6) is 0.594. The molecule has 0 bridgehead atoms. The minimum Gasteiger partial charge on any atom is -0.289 e. The van der Waals surface area contributed by atoms with Crippen LogP contribution in [0.5, 0.6) is 0 Å². The Balaban J connectivity index is 2.22. The molecule has 2 aliphatic rings. The van der Waals surface area contributed by atoms with Crippen LogP contribution in [0.1, 0.15) is 66.7 Å². The fraction of sp³-hybridized carbons (Fsp3) is 0.444. The molecule has 2 aliphatic carbocycles. The highest BCUT2D eigenvalue weighted by Crippen LogP contribution is 2.41. The van der Waals surface area contributed by atoms with Crippen molar-refractivity contribution in [1.82, 2.24) is 0 Å². The number of ketones is 1. The third kappa shape index (κ3) is 5.30. The second-order valence-electron chi connectivity index (χ2n) is 10.6. The molecule has 0 spiro atoms. The molecule has 164 valence electrons. The molecule has 0 saturated heterocycles. The lowest BCUT2D eigenvalue weighted by Gasteiger charge is -2.31. The number of hydrogen-bond donors (Lipinski definition) is 0. The van der Waals surface area contributed by atoms with E-state index in [4.69, 9.17) is 5.11 Å². The predicted octanol–water partition coefficient (Wildman–Crippen LogP) is 8.31. The first-order valence-corrected chi connectivity index (χ1v) is 11.8. The van der Waals surface area contributed by atoms with Gasteiger partial charge in [0, 0.05) is 16.7 Å². The zero-order valence-corrected chi connectivity index (χ0v) is 20.9. The standard InChI is InChI=1S/C27H34N2OS/c1-17-11-12-18(2)22(14-17)28-29-24(23-10-9-13-31-23)19-15-20(26(3,4)5)25(30)21(16-19)27(6,7)8/h9-10,12-17H,11H2,1-8H3. The fourth-order valence-electron chi connectivity index (χ4n) is 3.69. The van der Waals surface area contributed by atoms with Crippen LogP contribution in [0.25, 0.3) is 5.70 Å². The summed E-state index contributed by atoms with van der Waals surface area (Å²) in [7, 11) is 0. The monoisotopic (exact) mass is 434 g/mol. The largest absolute Gasteiger partial charge is 0.289 e. The average molecular weight is 435 g/mol. The molecule has 4 heteroatoms. The van der Waals surface area contributed by atoms with Crippen LogP contribution in [0.15, 0.2) is 80.0 Å². The molecule has 0 aromatic carbocycles. The fourth-order valence-corrected chi connectivity index (χ4v) is 4.43. The Kier molecular flexibility index (Phi) is 6.52. The highest BCUT2D eigenvalue weighted by molar-refractivity contribution is 7.11. The van der Waals surface area contributed by atoms with Gasteiger partial charge in [0.2, 0.25) is 0 Å². The van der Waals surface area contributed by atoms with Gasteiger partial charge in [-0.25, -0.2) is 0 Å². The van der Waals surface area contributed by atoms with E-state index in [1.165, 1.54) is 0 Å². The maximum Gasteiger partial charge on any atom is 0.186 e. The van der Waals surface area contributed by atoms with Crippen molar-refractivity contribution in [3.05, 3.63) is 74.7 Å². The SMILES string of the molecule is CC1=CCC(C)C=C1N=NC(=C1C=C(C(C)(C)C)C(=O)C(C(C)(C)C)=C1)c1cccs1. The first kappa shape index (κ1) is 23.3. The maximum atomic E-state index is 13.3. The van der Waals surface area contributed by atoms with Crippen molar-refractivity contribution in [2.75, 3.05) is 0 Å². The summed E-state index contributed by atoms with van der Waals surface area (Å²) in [6.45, 7) is 16.8. The summed E-state index contributed by atoms with van der Waals surface area (Å²) in [5, 5.41) is 11.5. The summed E-state index contributed by atoms with van der Waals surface area (Å²) < 4.78 is 0. The predicted molar refractivity (Wildman–Crippen MR) is 132 cm³/mol. The molecule has 1 unspecified atom stereocenters. The van der Waals surface area contributed by atoms with Gasteiger partial charge >= 0.3 is 0 Å². The maximum absolute atomic E-state index is 13.3. The molecule has 1 aromatic rings. The Morgan fingerprint density at radius 3 is 2.19 bits per heavy atom. The van der Waals surface area contributed by atoms with E-state index in [9.17, 15) is 4.79 Å². The molecule has 0 fully saturated rings. The van der Waals surface area contributed by atoms with Gasteiger partial charge in [-0.3, -0.25) is 4.79 Å². The van der Waals surface area contributed by atoms with Crippen molar-refractivity contribution in [2.45, 2.75) is 61.8 Å². The first-order valence-electron chi connectivity index (χ1n) is 11.0. The minimum absolute atomic E-state index is 0.133. The molecule has 31 heavy (non-hydrogen) atoms. The quantitative estimate of drug-likeness (QED) is 0.441. The van der Waals surface area contributed by atoms with Gasteiger partial charge < -0.3 is 0 Å². The summed E-state index contributed by atoms with van der Waals surface area (Å²) in [4.78, 5) is 14.4. The lowest BCUT2D eigenvalue weighted by atomic mass is 9.71. The third-order valence-electron chi connectivity index (χ3n) is 5.63. The number of azo groups is 1. The number of nitrogens with zero attached hydrogens (tertiary/aromatic N) is 2. The van der Waals surface area contributed by atoms with E-state index in [1.807, 2.05) is 18.2 Å². The van der Waals surface area contributed by atoms with Crippen molar-refractivity contribution in [3.63, 3.8) is 0 Å². The van der Waals surface area contributed by atoms with Crippen LogP contribution in [0.4, 0.5) is 0 Å². The summed E-state index contributed by atoms with van der Waals surface area (Å²) in [5.41, 5.74) is 4.98. The second kappa shape index (κ2) is 8.66. The molecule has 0 N–H and O–H groups in total. The van der Waals surface area contributed by atoms with Crippen molar-refractivity contribution < 1.29 is 4.79 Å². The number of Topliss-reactive ketones (excluding diaryl/α,β-unsaturated/α-hetero) is 1. The zero-order valence-electron chi connectivity index (χ0n) is 20.0. The molecule has 0 aliphatic heterocycles. The second-order valence-corrected chi connectivity index (χ2v) is 11.5. The Labute approximate surface area is 191 Å². The Morgan fingerprint density at radius 2 is 1.68 bits per heavy atom. The summed E-state index contributed by atoms with van der Waals surface area (Å²) in [6.07, 6.45) is 9.50. The van der Waals surface area contributed by atoms with Gasteiger partial charge in [0.15, 0.2) is 5.78 Å². The van der Waals surface area contributed by atoms with Crippen LogP contribution in [0, 0.1) is 16.7 Å². The molecule has 1 atom stereocenters.